The molecule has 6 heteroatoms. The summed E-state index contributed by atoms with van der Waals surface area (Å²) in [5.74, 6) is 4.00. The minimum Gasteiger partial charge on any atom is -1.00 e. The summed E-state index contributed by atoms with van der Waals surface area (Å²) < 4.78 is 18.1. The Morgan fingerprint density at radius 1 is 0.400 bits per heavy atom. The molecule has 0 saturated carbocycles. The zero-order chi connectivity index (χ0) is 46.7. The van der Waals surface area contributed by atoms with Crippen molar-refractivity contribution in [3.8, 4) is 0 Å². The summed E-state index contributed by atoms with van der Waals surface area (Å²) in [7, 11) is 0. The Hall–Kier alpha value is -5.48. The van der Waals surface area contributed by atoms with Crippen LogP contribution in [0.4, 0.5) is 0 Å². The minimum atomic E-state index is -3.40. The molecule has 2 aliphatic rings. The number of halogens is 2. The number of rotatable bonds is 6. The average molecular weight is 1050 g/mol. The van der Waals surface area contributed by atoms with E-state index >= 15 is 0 Å². The van der Waals surface area contributed by atoms with E-state index in [1.165, 1.54) is 75.1 Å². The molecule has 2 aliphatic carbocycles. The van der Waals surface area contributed by atoms with E-state index in [-0.39, 0.29) is 35.6 Å². The van der Waals surface area contributed by atoms with E-state index in [1.54, 1.807) is 6.56 Å². The molecule has 0 saturated heterocycles. The van der Waals surface area contributed by atoms with E-state index in [2.05, 4.69) is 249 Å². The van der Waals surface area contributed by atoms with Crippen molar-refractivity contribution in [2.75, 3.05) is 0 Å². The van der Waals surface area contributed by atoms with Gasteiger partial charge in [0.1, 0.15) is 0 Å². The van der Waals surface area contributed by atoms with Gasteiger partial charge in [0, 0.05) is 0 Å². The van der Waals surface area contributed by atoms with Crippen LogP contribution in [0.2, 0.25) is 13.1 Å². The Bertz CT molecular complexity index is 3790. The Balaban J connectivity index is 0.00000284. The summed E-state index contributed by atoms with van der Waals surface area (Å²) in [6, 6.07) is 68.9. The van der Waals surface area contributed by atoms with Gasteiger partial charge in [-0.25, -0.2) is 0 Å². The van der Waals surface area contributed by atoms with Gasteiger partial charge in [-0.3, -0.25) is 0 Å². The van der Waals surface area contributed by atoms with Gasteiger partial charge in [-0.05, 0) is 0 Å². The largest absolute Gasteiger partial charge is 1.00 e. The maximum Gasteiger partial charge on any atom is -1.00 e. The third-order valence-corrected chi connectivity index (χ3v) is 31.9. The SMILES string of the molecule is C[Si](C)=[Zr+2]([C]1=c2ccccc2=CC1(c1ccc(C(C)(C)C)o1)c1cccc2ccc3ccccc3c12)[C]1=c2ccccc2=CC1(c1ccc(C(C)(C)C)o1)c1cccc2ccc3ccccc3c12.[Cl-].[Cl-]. The van der Waals surface area contributed by atoms with Crippen molar-refractivity contribution in [3.05, 3.63) is 237 Å². The first-order chi connectivity index (χ1) is 32.8. The van der Waals surface area contributed by atoms with Gasteiger partial charge in [-0.15, -0.1) is 0 Å². The summed E-state index contributed by atoms with van der Waals surface area (Å²) in [6.45, 7) is 18.9. The molecule has 12 rings (SSSR count). The molecule has 346 valence electrons. The molecule has 2 nitrogen and oxygen atoms in total. The van der Waals surface area contributed by atoms with Gasteiger partial charge in [0.15, 0.2) is 0 Å². The summed E-state index contributed by atoms with van der Waals surface area (Å²) >= 11 is -3.40. The monoisotopic (exact) mass is 1040 g/mol. The van der Waals surface area contributed by atoms with Crippen molar-refractivity contribution in [1.82, 2.24) is 0 Å². The first kappa shape index (κ1) is 48.2. The van der Waals surface area contributed by atoms with E-state index in [1.807, 2.05) is 0 Å². The van der Waals surface area contributed by atoms with Crippen molar-refractivity contribution < 1.29 is 54.0 Å². The van der Waals surface area contributed by atoms with E-state index in [9.17, 15) is 0 Å². The van der Waals surface area contributed by atoms with E-state index in [0.29, 0.717) is 0 Å². The topological polar surface area (TPSA) is 26.3 Å². The number of hydrogen-bond donors (Lipinski definition) is 0. The molecule has 8 aromatic carbocycles. The minimum absolute atomic E-state index is 0. The fraction of sp³-hybridized carbons (Fsp3) is 0.188. The molecule has 0 bridgehead atoms. The van der Waals surface area contributed by atoms with E-state index in [0.717, 1.165) is 23.0 Å². The summed E-state index contributed by atoms with van der Waals surface area (Å²) in [4.78, 5) is 0. The molecule has 70 heavy (non-hydrogen) atoms. The zero-order valence-corrected chi connectivity index (χ0v) is 46.0. The fourth-order valence-corrected chi connectivity index (χ4v) is 30.7. The molecule has 0 amide bonds. The standard InChI is InChI=1S/2C31H25O.C2H6Si.2ClH.Zr/c2*1-30(2,3)27-17-18-28(32-27)31(19-23-10-4-5-11-24(23)20-31)26-14-8-12-22-16-15-21-9-6-7-13-25(21)29(22)26;1-3-2;;;/h2*4-19H,1-3H3;1-2H3;2*1H;/q;;;;;+2/p-2. The van der Waals surface area contributed by atoms with Gasteiger partial charge < -0.3 is 24.8 Å². The van der Waals surface area contributed by atoms with Gasteiger partial charge in [0.25, 0.3) is 0 Å². The predicted molar refractivity (Wildman–Crippen MR) is 284 cm³/mol. The van der Waals surface area contributed by atoms with E-state index in [4.69, 9.17) is 8.83 Å². The van der Waals surface area contributed by atoms with Crippen LogP contribution in [0.1, 0.15) is 75.7 Å². The van der Waals surface area contributed by atoms with Crippen LogP contribution < -0.4 is 45.7 Å². The van der Waals surface area contributed by atoms with Crippen molar-refractivity contribution in [1.29, 1.82) is 0 Å². The van der Waals surface area contributed by atoms with Gasteiger partial charge in [-0.2, -0.15) is 0 Å². The molecular formula is C64H56Cl2O2SiZr. The van der Waals surface area contributed by atoms with E-state index < -0.39 is 36.6 Å². The average Bonchev–Trinajstić information content (AvgIpc) is 4.16. The van der Waals surface area contributed by atoms with Crippen LogP contribution in [0.15, 0.2) is 191 Å². The Morgan fingerprint density at radius 3 is 1.17 bits per heavy atom. The molecule has 2 aromatic heterocycles. The van der Waals surface area contributed by atoms with Crippen LogP contribution in [0.25, 0.3) is 61.8 Å². The van der Waals surface area contributed by atoms with Gasteiger partial charge >= 0.3 is 410 Å². The number of furan rings is 2. The van der Waals surface area contributed by atoms with Crippen molar-refractivity contribution >= 4 is 67.2 Å². The molecule has 10 aromatic rings. The third kappa shape index (κ3) is 7.26. The molecule has 2 atom stereocenters. The second-order valence-electron chi connectivity index (χ2n) is 21.4. The summed E-state index contributed by atoms with van der Waals surface area (Å²) in [5.41, 5.74) is -0.342. The maximum atomic E-state index is 7.50. The van der Waals surface area contributed by atoms with Gasteiger partial charge in [0.05, 0.1) is 0 Å². The van der Waals surface area contributed by atoms with Crippen LogP contribution in [-0.4, -0.2) is 5.43 Å². The quantitative estimate of drug-likeness (QED) is 0.128. The van der Waals surface area contributed by atoms with Gasteiger partial charge in [-0.1, -0.05) is 0 Å². The smallest absolute Gasteiger partial charge is 1.00 e. The predicted octanol–water partition coefficient (Wildman–Crippen LogP) is 7.44. The van der Waals surface area contributed by atoms with Crippen LogP contribution in [0.5, 0.6) is 0 Å². The summed E-state index contributed by atoms with van der Waals surface area (Å²) in [6.07, 6.45) is 5.24. The molecule has 2 unspecified atom stereocenters. The number of hydrogen-bond acceptors (Lipinski definition) is 2. The molecule has 0 spiro atoms. The molecule has 0 fully saturated rings. The normalized spacial score (nSPS) is 17.4. The van der Waals surface area contributed by atoms with Crippen molar-refractivity contribution in [3.63, 3.8) is 0 Å². The van der Waals surface area contributed by atoms with Crippen molar-refractivity contribution in [2.45, 2.75) is 76.3 Å². The molecule has 2 heterocycles. The maximum absolute atomic E-state index is 7.50. The fourth-order valence-electron chi connectivity index (χ4n) is 11.8. The summed E-state index contributed by atoms with van der Waals surface area (Å²) in [5, 5.41) is 15.4. The van der Waals surface area contributed by atoms with Crippen LogP contribution in [-0.2, 0) is 42.0 Å². The first-order valence-electron chi connectivity index (χ1n) is 24.2. The number of fused-ring (bicyclic) bond motifs is 8. The Kier molecular flexibility index (Phi) is 12.2. The molecular weight excluding hydrogens is 991 g/mol. The molecule has 0 N–H and O–H groups in total. The zero-order valence-electron chi connectivity index (χ0n) is 41.0. The molecule has 0 aliphatic heterocycles. The second-order valence-corrected chi connectivity index (χ2v) is 38.0. The first-order valence-corrected chi connectivity index (χ1v) is 32.8. The Morgan fingerprint density at radius 2 is 0.771 bits per heavy atom. The van der Waals surface area contributed by atoms with Crippen LogP contribution in [0, 0.1) is 0 Å². The van der Waals surface area contributed by atoms with Gasteiger partial charge in [0.2, 0.25) is 0 Å². The molecule has 0 radical (unpaired) electrons. The van der Waals surface area contributed by atoms with Crippen LogP contribution in [0.3, 0.4) is 0 Å². The second kappa shape index (κ2) is 17.7. The Labute approximate surface area is 431 Å². The van der Waals surface area contributed by atoms with Crippen LogP contribution >= 0.6 is 0 Å². The third-order valence-electron chi connectivity index (χ3n) is 14.8. The van der Waals surface area contributed by atoms with Crippen molar-refractivity contribution in [2.24, 2.45) is 0 Å². The number of benzene rings is 8.